The first kappa shape index (κ1) is 16.1. The second-order valence-electron chi connectivity index (χ2n) is 4.18. The van der Waals surface area contributed by atoms with Crippen molar-refractivity contribution in [1.29, 1.82) is 0 Å². The van der Waals surface area contributed by atoms with E-state index in [-0.39, 0.29) is 24.1 Å². The van der Waals surface area contributed by atoms with Crippen LogP contribution in [0, 0.1) is 10.1 Å². The molecule has 1 aromatic carbocycles. The maximum atomic E-state index is 11.9. The summed E-state index contributed by atoms with van der Waals surface area (Å²) in [6.45, 7) is 0. The number of carboxylic acids is 1. The minimum Gasteiger partial charge on any atom is -0.480 e. The summed E-state index contributed by atoms with van der Waals surface area (Å²) < 4.78 is 0. The number of rotatable bonds is 7. The van der Waals surface area contributed by atoms with Gasteiger partial charge < -0.3 is 16.2 Å². The summed E-state index contributed by atoms with van der Waals surface area (Å²) in [6.07, 6.45) is -0.364. The van der Waals surface area contributed by atoms with Crippen LogP contribution in [0.25, 0.3) is 0 Å². The SMILES string of the molecule is NC(=O)CCC(NC(=O)c1cccc([N+](=O)[O-])c1)C(=O)O. The molecule has 0 radical (unpaired) electrons. The van der Waals surface area contributed by atoms with Gasteiger partial charge >= 0.3 is 5.97 Å². The van der Waals surface area contributed by atoms with E-state index in [4.69, 9.17) is 10.8 Å². The second kappa shape index (κ2) is 6.98. The highest BCUT2D eigenvalue weighted by Crippen LogP contribution is 2.13. The molecule has 4 N–H and O–H groups in total. The molecular formula is C12H13N3O6. The molecule has 9 heteroatoms. The summed E-state index contributed by atoms with van der Waals surface area (Å²) in [6, 6.07) is 3.56. The largest absolute Gasteiger partial charge is 0.480 e. The highest BCUT2D eigenvalue weighted by molar-refractivity contribution is 5.97. The molecule has 0 aromatic heterocycles. The maximum Gasteiger partial charge on any atom is 0.326 e. The molecule has 0 fully saturated rings. The summed E-state index contributed by atoms with van der Waals surface area (Å²) in [7, 11) is 0. The lowest BCUT2D eigenvalue weighted by atomic mass is 10.1. The molecule has 0 saturated carbocycles. The van der Waals surface area contributed by atoms with E-state index in [1.165, 1.54) is 18.2 Å². The summed E-state index contributed by atoms with van der Waals surface area (Å²) in [5.74, 6) is -2.79. The first-order valence-electron chi connectivity index (χ1n) is 5.87. The van der Waals surface area contributed by atoms with E-state index in [0.29, 0.717) is 0 Å². The number of benzene rings is 1. The minimum atomic E-state index is -1.32. The Hall–Kier alpha value is -2.97. The van der Waals surface area contributed by atoms with Crippen molar-refractivity contribution in [2.45, 2.75) is 18.9 Å². The maximum absolute atomic E-state index is 11.9. The Labute approximate surface area is 118 Å². The number of carboxylic acid groups (broad SMARTS) is 1. The second-order valence-corrected chi connectivity index (χ2v) is 4.18. The van der Waals surface area contributed by atoms with Crippen molar-refractivity contribution in [2.24, 2.45) is 5.73 Å². The number of carbonyl (C=O) groups excluding carboxylic acids is 2. The highest BCUT2D eigenvalue weighted by atomic mass is 16.6. The van der Waals surface area contributed by atoms with Gasteiger partial charge in [-0.15, -0.1) is 0 Å². The van der Waals surface area contributed by atoms with Crippen LogP contribution in [0.5, 0.6) is 0 Å². The molecule has 0 aliphatic carbocycles. The Morgan fingerprint density at radius 1 is 1.38 bits per heavy atom. The topological polar surface area (TPSA) is 153 Å². The number of hydrogen-bond donors (Lipinski definition) is 3. The van der Waals surface area contributed by atoms with Crippen molar-refractivity contribution in [3.05, 3.63) is 39.9 Å². The smallest absolute Gasteiger partial charge is 0.326 e. The Kier molecular flexibility index (Phi) is 5.35. The van der Waals surface area contributed by atoms with E-state index in [1.54, 1.807) is 0 Å². The van der Waals surface area contributed by atoms with Gasteiger partial charge in [0.2, 0.25) is 5.91 Å². The lowest BCUT2D eigenvalue weighted by Crippen LogP contribution is -2.41. The van der Waals surface area contributed by atoms with Crippen LogP contribution < -0.4 is 11.1 Å². The summed E-state index contributed by atoms with van der Waals surface area (Å²) in [4.78, 5) is 43.4. The summed E-state index contributed by atoms with van der Waals surface area (Å²) in [5, 5.41) is 21.7. The van der Waals surface area contributed by atoms with Gasteiger partial charge in [0, 0.05) is 24.1 Å². The fourth-order valence-corrected chi connectivity index (χ4v) is 1.55. The van der Waals surface area contributed by atoms with Crippen LogP contribution in [0.4, 0.5) is 5.69 Å². The molecule has 112 valence electrons. The molecule has 0 heterocycles. The van der Waals surface area contributed by atoms with Crippen LogP contribution in [0.15, 0.2) is 24.3 Å². The van der Waals surface area contributed by atoms with Gasteiger partial charge in [-0.25, -0.2) is 4.79 Å². The molecular weight excluding hydrogens is 282 g/mol. The van der Waals surface area contributed by atoms with Crippen molar-refractivity contribution in [3.63, 3.8) is 0 Å². The number of nitro benzene ring substituents is 1. The number of non-ortho nitro benzene ring substituents is 1. The number of nitro groups is 1. The van der Waals surface area contributed by atoms with Crippen molar-refractivity contribution in [3.8, 4) is 0 Å². The van der Waals surface area contributed by atoms with Gasteiger partial charge in [-0.2, -0.15) is 0 Å². The van der Waals surface area contributed by atoms with E-state index in [2.05, 4.69) is 5.32 Å². The molecule has 0 spiro atoms. The molecule has 2 amide bonds. The number of aliphatic carboxylic acids is 1. The molecule has 0 aliphatic heterocycles. The monoisotopic (exact) mass is 295 g/mol. The first-order chi connectivity index (χ1) is 9.81. The molecule has 1 atom stereocenters. The molecule has 1 unspecified atom stereocenters. The Morgan fingerprint density at radius 2 is 2.05 bits per heavy atom. The number of nitrogens with one attached hydrogen (secondary N) is 1. The van der Waals surface area contributed by atoms with Crippen molar-refractivity contribution < 1.29 is 24.4 Å². The van der Waals surface area contributed by atoms with Gasteiger partial charge in [-0.3, -0.25) is 19.7 Å². The van der Waals surface area contributed by atoms with E-state index in [0.717, 1.165) is 6.07 Å². The van der Waals surface area contributed by atoms with Crippen LogP contribution in [0.2, 0.25) is 0 Å². The quantitative estimate of drug-likeness (QED) is 0.477. The van der Waals surface area contributed by atoms with Gasteiger partial charge in [0.05, 0.1) is 4.92 Å². The molecule has 0 bridgehead atoms. The lowest BCUT2D eigenvalue weighted by Gasteiger charge is -2.13. The summed E-state index contributed by atoms with van der Waals surface area (Å²) >= 11 is 0. The van der Waals surface area contributed by atoms with Crippen molar-refractivity contribution in [1.82, 2.24) is 5.32 Å². The van der Waals surface area contributed by atoms with Crippen LogP contribution in [0.3, 0.4) is 0 Å². The van der Waals surface area contributed by atoms with Gasteiger partial charge in [-0.05, 0) is 12.5 Å². The van der Waals surface area contributed by atoms with Gasteiger partial charge in [0.15, 0.2) is 0 Å². The number of nitrogens with zero attached hydrogens (tertiary/aromatic N) is 1. The molecule has 1 rings (SSSR count). The zero-order valence-corrected chi connectivity index (χ0v) is 10.8. The van der Waals surface area contributed by atoms with Gasteiger partial charge in [0.25, 0.3) is 11.6 Å². The number of primary amides is 1. The van der Waals surface area contributed by atoms with E-state index in [1.807, 2.05) is 0 Å². The lowest BCUT2D eigenvalue weighted by molar-refractivity contribution is -0.384. The standard InChI is InChI=1S/C12H13N3O6/c13-10(16)5-4-9(12(18)19)14-11(17)7-2-1-3-8(6-7)15(20)21/h1-3,6,9H,4-5H2,(H2,13,16)(H,14,17)(H,18,19). The van der Waals surface area contributed by atoms with Crippen LogP contribution >= 0.6 is 0 Å². The van der Waals surface area contributed by atoms with Crippen LogP contribution in [-0.2, 0) is 9.59 Å². The van der Waals surface area contributed by atoms with Crippen LogP contribution in [-0.4, -0.2) is 33.9 Å². The van der Waals surface area contributed by atoms with E-state index in [9.17, 15) is 24.5 Å². The van der Waals surface area contributed by atoms with Crippen molar-refractivity contribution >= 4 is 23.5 Å². The average molecular weight is 295 g/mol. The Balaban J connectivity index is 2.82. The number of carbonyl (C=O) groups is 3. The first-order valence-corrected chi connectivity index (χ1v) is 5.87. The molecule has 21 heavy (non-hydrogen) atoms. The normalized spacial score (nSPS) is 11.4. The molecule has 9 nitrogen and oxygen atoms in total. The zero-order valence-electron chi connectivity index (χ0n) is 10.8. The van der Waals surface area contributed by atoms with E-state index >= 15 is 0 Å². The predicted octanol–water partition coefficient (Wildman–Crippen LogP) is 0.0433. The predicted molar refractivity (Wildman–Crippen MR) is 70.4 cm³/mol. The molecule has 0 aliphatic rings. The highest BCUT2D eigenvalue weighted by Gasteiger charge is 2.22. The third-order valence-electron chi connectivity index (χ3n) is 2.60. The zero-order chi connectivity index (χ0) is 16.0. The van der Waals surface area contributed by atoms with Gasteiger partial charge in [0.1, 0.15) is 6.04 Å². The third kappa shape index (κ3) is 4.90. The average Bonchev–Trinajstić information content (AvgIpc) is 2.42. The fourth-order valence-electron chi connectivity index (χ4n) is 1.55. The number of nitrogens with two attached hydrogens (primary N) is 1. The third-order valence-corrected chi connectivity index (χ3v) is 2.60. The van der Waals surface area contributed by atoms with Gasteiger partial charge in [-0.1, -0.05) is 6.07 Å². The molecule has 0 saturated heterocycles. The number of amides is 2. The van der Waals surface area contributed by atoms with Crippen LogP contribution in [0.1, 0.15) is 23.2 Å². The molecule has 1 aromatic rings. The van der Waals surface area contributed by atoms with Crippen molar-refractivity contribution in [2.75, 3.05) is 0 Å². The Morgan fingerprint density at radius 3 is 2.57 bits per heavy atom. The van der Waals surface area contributed by atoms with E-state index < -0.39 is 28.7 Å². The minimum absolute atomic E-state index is 0.0467. The number of hydrogen-bond acceptors (Lipinski definition) is 5. The summed E-state index contributed by atoms with van der Waals surface area (Å²) in [5.41, 5.74) is 4.58. The fraction of sp³-hybridized carbons (Fsp3) is 0.250. The Bertz CT molecular complexity index is 586.